The molecule has 4 aliphatic rings. The number of anilines is 3. The van der Waals surface area contributed by atoms with Gasteiger partial charge in [0.05, 0.1) is 25.7 Å². The number of aryl methyl sites for hydroxylation is 2. The zero-order valence-electron chi connectivity index (χ0n) is 37.6. The molecular formula is C47H63F2N11O3S. The molecule has 1 saturated heterocycles. The summed E-state index contributed by atoms with van der Waals surface area (Å²) in [6, 6.07) is 9.29. The number of benzene rings is 2. The summed E-state index contributed by atoms with van der Waals surface area (Å²) >= 11 is 1.59. The van der Waals surface area contributed by atoms with Gasteiger partial charge in [0.15, 0.2) is 11.0 Å². The maximum atomic E-state index is 14.6. The van der Waals surface area contributed by atoms with Gasteiger partial charge in [-0.2, -0.15) is 5.10 Å². The lowest BCUT2D eigenvalue weighted by Gasteiger charge is -2.33. The molecule has 344 valence electrons. The predicted octanol–water partition coefficient (Wildman–Crippen LogP) is 6.97. The van der Waals surface area contributed by atoms with Crippen LogP contribution < -0.4 is 26.2 Å². The van der Waals surface area contributed by atoms with Crippen LogP contribution in [0.4, 0.5) is 26.0 Å². The standard InChI is InChI=1S/C47H63F2N11O3S/c1-30-22-35(11-12-37(30)46(63)55-47-54-26-31(2)64-47)52-16-7-5-6-8-17-53-43(62)29-57-19-13-36(14-20-57)60-41-15-21-58(32(3)61)28-40(41)45(56-60)59-18-9-10-33-23-38(34(25-50)27-51-4)39(44(48)49)24-42(33)59/h11-12,22-25,27,31,36,44,50-52H,5-10,13-21,26,28-29H2,1-4H3,(H,53,62)(H,54,55,63)/b34-27+,50-25?. The minimum absolute atomic E-state index is 0.00904. The normalized spacial score (nSPS) is 18.1. The Kier molecular flexibility index (Phi) is 15.8. The van der Waals surface area contributed by atoms with Crippen LogP contribution >= 0.6 is 11.8 Å². The van der Waals surface area contributed by atoms with Crippen molar-refractivity contribution in [2.45, 2.75) is 103 Å². The van der Waals surface area contributed by atoms with E-state index in [0.717, 1.165) is 118 Å². The summed E-state index contributed by atoms with van der Waals surface area (Å²) in [6.07, 6.45) is 7.73. The summed E-state index contributed by atoms with van der Waals surface area (Å²) in [4.78, 5) is 48.8. The van der Waals surface area contributed by atoms with E-state index in [-0.39, 0.29) is 29.3 Å². The zero-order chi connectivity index (χ0) is 45.3. The lowest BCUT2D eigenvalue weighted by atomic mass is 9.92. The first kappa shape index (κ1) is 46.7. The van der Waals surface area contributed by atoms with Gasteiger partial charge >= 0.3 is 0 Å². The van der Waals surface area contributed by atoms with E-state index in [1.807, 2.05) is 30.0 Å². The molecule has 64 heavy (non-hydrogen) atoms. The van der Waals surface area contributed by atoms with Crippen LogP contribution in [0.1, 0.15) is 115 Å². The third kappa shape index (κ3) is 11.1. The summed E-state index contributed by atoms with van der Waals surface area (Å²) in [6.45, 7) is 11.3. The molecule has 17 heteroatoms. The number of aliphatic imine (C=N–C) groups is 1. The number of hydrogen-bond acceptors (Lipinski definition) is 11. The fourth-order valence-electron chi connectivity index (χ4n) is 9.25. The molecule has 5 N–H and O–H groups in total. The Bertz CT molecular complexity index is 2250. The van der Waals surface area contributed by atoms with Gasteiger partial charge in [-0.3, -0.25) is 29.0 Å². The molecule has 0 saturated carbocycles. The number of carbonyl (C=O) groups is 3. The smallest absolute Gasteiger partial charge is 0.264 e. The third-order valence-electron chi connectivity index (χ3n) is 12.7. The van der Waals surface area contributed by atoms with Crippen LogP contribution in [0.15, 0.2) is 41.5 Å². The number of allylic oxidation sites excluding steroid dienone is 1. The maximum absolute atomic E-state index is 14.6. The number of unbranched alkanes of at least 4 members (excludes halogenated alkanes) is 3. The van der Waals surface area contributed by atoms with E-state index in [1.165, 1.54) is 0 Å². The Hall–Kier alpha value is -5.29. The minimum atomic E-state index is -2.74. The number of halogens is 2. The number of alkyl halides is 2. The Balaban J connectivity index is 0.879. The highest BCUT2D eigenvalue weighted by Crippen LogP contribution is 2.43. The molecule has 7 rings (SSSR count). The maximum Gasteiger partial charge on any atom is 0.264 e. The Morgan fingerprint density at radius 1 is 1.00 bits per heavy atom. The van der Waals surface area contributed by atoms with Crippen molar-refractivity contribution in [1.82, 2.24) is 35.5 Å². The number of fused-ring (bicyclic) bond motifs is 2. The van der Waals surface area contributed by atoms with Gasteiger partial charge in [-0.1, -0.05) is 31.5 Å². The SMILES string of the molecule is CN/C=C(\C=N)c1cc2c(cc1C(F)F)N(c1nn(C3CCN(CC(=O)NCCCCCCNc4ccc(C(=O)NC5=NCC(C)S5)c(C)c4)CC3)c3c1CN(C(C)=O)CC3)CCC2. The van der Waals surface area contributed by atoms with E-state index in [9.17, 15) is 23.2 Å². The zero-order valence-corrected chi connectivity index (χ0v) is 38.4. The van der Waals surface area contributed by atoms with Crippen molar-refractivity contribution in [1.29, 1.82) is 5.41 Å². The average molecular weight is 900 g/mol. The first-order valence-corrected chi connectivity index (χ1v) is 23.6. The Morgan fingerprint density at radius 3 is 2.47 bits per heavy atom. The van der Waals surface area contributed by atoms with Crippen molar-refractivity contribution >= 4 is 63.6 Å². The molecule has 1 unspecified atom stereocenters. The summed E-state index contributed by atoms with van der Waals surface area (Å²) in [5, 5.41) is 26.6. The molecule has 1 atom stereocenters. The van der Waals surface area contributed by atoms with Gasteiger partial charge in [0.1, 0.15) is 0 Å². The second-order valence-corrected chi connectivity index (χ2v) is 18.7. The minimum Gasteiger partial charge on any atom is -0.393 e. The van der Waals surface area contributed by atoms with Gasteiger partial charge in [0.2, 0.25) is 11.8 Å². The van der Waals surface area contributed by atoms with Crippen LogP contribution in [0.3, 0.4) is 0 Å². The second-order valence-electron chi connectivity index (χ2n) is 17.3. The van der Waals surface area contributed by atoms with E-state index >= 15 is 0 Å². The lowest BCUT2D eigenvalue weighted by Crippen LogP contribution is -2.42. The molecule has 5 heterocycles. The lowest BCUT2D eigenvalue weighted by molar-refractivity contribution is -0.129. The van der Waals surface area contributed by atoms with Crippen LogP contribution in [0.2, 0.25) is 0 Å². The molecule has 2 aromatic carbocycles. The number of nitrogens with zero attached hydrogens (tertiary/aromatic N) is 6. The number of hydrogen-bond donors (Lipinski definition) is 5. The molecule has 0 spiro atoms. The van der Waals surface area contributed by atoms with Gasteiger partial charge in [-0.15, -0.1) is 0 Å². The van der Waals surface area contributed by atoms with Gasteiger partial charge in [-0.05, 0) is 92.5 Å². The number of nitrogens with one attached hydrogen (secondary N) is 5. The molecule has 4 aliphatic heterocycles. The number of piperidine rings is 1. The molecular weight excluding hydrogens is 837 g/mol. The fraction of sp³-hybridized carbons (Fsp3) is 0.532. The highest BCUT2D eigenvalue weighted by molar-refractivity contribution is 8.14. The van der Waals surface area contributed by atoms with Crippen molar-refractivity contribution in [3.8, 4) is 0 Å². The number of likely N-dealkylation sites (tertiary alicyclic amines) is 1. The van der Waals surface area contributed by atoms with Crippen molar-refractivity contribution in [2.24, 2.45) is 4.99 Å². The number of aromatic nitrogens is 2. The predicted molar refractivity (Wildman–Crippen MR) is 252 cm³/mol. The van der Waals surface area contributed by atoms with E-state index in [1.54, 1.807) is 44.1 Å². The molecule has 3 amide bonds. The number of rotatable bonds is 17. The molecule has 0 radical (unpaired) electrons. The molecule has 14 nitrogen and oxygen atoms in total. The van der Waals surface area contributed by atoms with Gasteiger partial charge < -0.3 is 36.5 Å². The van der Waals surface area contributed by atoms with Crippen LogP contribution in [0.5, 0.6) is 0 Å². The Morgan fingerprint density at radius 2 is 1.78 bits per heavy atom. The van der Waals surface area contributed by atoms with E-state index in [0.29, 0.717) is 71.9 Å². The number of amides is 3. The van der Waals surface area contributed by atoms with Gasteiger partial charge in [0.25, 0.3) is 12.3 Å². The van der Waals surface area contributed by atoms with E-state index in [2.05, 4.69) is 47.7 Å². The first-order chi connectivity index (χ1) is 30.9. The fourth-order valence-corrected chi connectivity index (χ4v) is 10.1. The van der Waals surface area contributed by atoms with Crippen molar-refractivity contribution in [2.75, 3.05) is 69.6 Å². The Labute approximate surface area is 379 Å². The van der Waals surface area contributed by atoms with Crippen LogP contribution in [-0.2, 0) is 29.0 Å². The summed E-state index contributed by atoms with van der Waals surface area (Å²) in [7, 11) is 1.68. The first-order valence-electron chi connectivity index (χ1n) is 22.8. The van der Waals surface area contributed by atoms with E-state index in [4.69, 9.17) is 10.5 Å². The number of carbonyl (C=O) groups excluding carboxylic acids is 3. The molecule has 1 fully saturated rings. The molecule has 3 aromatic rings. The quantitative estimate of drug-likeness (QED) is 0.0712. The van der Waals surface area contributed by atoms with Crippen molar-refractivity contribution < 1.29 is 23.2 Å². The third-order valence-corrected chi connectivity index (χ3v) is 13.7. The van der Waals surface area contributed by atoms with Gasteiger partial charge in [0, 0.05) is 117 Å². The average Bonchev–Trinajstić information content (AvgIpc) is 3.88. The molecule has 0 bridgehead atoms. The summed E-state index contributed by atoms with van der Waals surface area (Å²) in [5.41, 5.74) is 6.85. The monoisotopic (exact) mass is 899 g/mol. The number of thioether (sulfide) groups is 1. The highest BCUT2D eigenvalue weighted by atomic mass is 32.2. The second kappa shape index (κ2) is 21.6. The highest BCUT2D eigenvalue weighted by Gasteiger charge is 2.35. The topological polar surface area (TPSA) is 163 Å². The van der Waals surface area contributed by atoms with Crippen LogP contribution in [0, 0.1) is 12.3 Å². The van der Waals surface area contributed by atoms with Crippen LogP contribution in [-0.4, -0.2) is 113 Å². The molecule has 1 aromatic heterocycles. The van der Waals surface area contributed by atoms with Gasteiger partial charge in [-0.25, -0.2) is 8.78 Å². The van der Waals surface area contributed by atoms with Crippen molar-refractivity contribution in [3.05, 3.63) is 75.6 Å². The molecule has 0 aliphatic carbocycles. The van der Waals surface area contributed by atoms with Crippen molar-refractivity contribution in [3.63, 3.8) is 0 Å². The van der Waals surface area contributed by atoms with E-state index < -0.39 is 6.43 Å². The summed E-state index contributed by atoms with van der Waals surface area (Å²) in [5.74, 6) is 0.615. The number of amidine groups is 1. The largest absolute Gasteiger partial charge is 0.393 e. The summed E-state index contributed by atoms with van der Waals surface area (Å²) < 4.78 is 31.4. The van der Waals surface area contributed by atoms with Crippen LogP contribution in [0.25, 0.3) is 5.57 Å².